The first-order chi connectivity index (χ1) is 11.6. The van der Waals surface area contributed by atoms with Gasteiger partial charge in [-0.3, -0.25) is 9.59 Å². The summed E-state index contributed by atoms with van der Waals surface area (Å²) >= 11 is 0. The second-order valence-electron chi connectivity index (χ2n) is 5.89. The number of halogens is 1. The van der Waals surface area contributed by atoms with Crippen LogP contribution < -0.4 is 10.6 Å². The number of anilines is 1. The van der Waals surface area contributed by atoms with E-state index >= 15 is 0 Å². The second-order valence-corrected chi connectivity index (χ2v) is 5.89. The van der Waals surface area contributed by atoms with Gasteiger partial charge in [0.1, 0.15) is 5.82 Å². The van der Waals surface area contributed by atoms with Crippen molar-refractivity contribution in [3.8, 4) is 0 Å². The number of rotatable bonds is 4. The summed E-state index contributed by atoms with van der Waals surface area (Å²) in [5.41, 5.74) is 3.63. The first-order valence-corrected chi connectivity index (χ1v) is 8.08. The van der Waals surface area contributed by atoms with E-state index in [2.05, 4.69) is 16.7 Å². The Morgan fingerprint density at radius 2 is 1.75 bits per heavy atom. The lowest BCUT2D eigenvalue weighted by atomic mass is 9.90. The summed E-state index contributed by atoms with van der Waals surface area (Å²) in [6, 6.07) is 11.1. The van der Waals surface area contributed by atoms with Crippen LogP contribution in [-0.4, -0.2) is 18.4 Å². The van der Waals surface area contributed by atoms with Crippen LogP contribution in [0.1, 0.15) is 34.3 Å². The van der Waals surface area contributed by atoms with Gasteiger partial charge in [-0.1, -0.05) is 12.1 Å². The molecule has 2 amide bonds. The van der Waals surface area contributed by atoms with Gasteiger partial charge in [-0.05, 0) is 67.1 Å². The molecule has 124 valence electrons. The number of hydrogen-bond acceptors (Lipinski definition) is 2. The molecule has 0 unspecified atom stereocenters. The summed E-state index contributed by atoms with van der Waals surface area (Å²) in [4.78, 5) is 24.0. The highest BCUT2D eigenvalue weighted by molar-refractivity contribution is 5.99. The maximum Gasteiger partial charge on any atom is 0.251 e. The van der Waals surface area contributed by atoms with Gasteiger partial charge >= 0.3 is 0 Å². The molecular weight excluding hydrogens is 307 g/mol. The molecule has 0 radical (unpaired) electrons. The lowest BCUT2D eigenvalue weighted by Gasteiger charge is -2.19. The van der Waals surface area contributed by atoms with E-state index in [4.69, 9.17) is 0 Å². The van der Waals surface area contributed by atoms with Crippen molar-refractivity contribution in [3.05, 3.63) is 65.0 Å². The molecule has 1 aliphatic carbocycles. The first-order valence-electron chi connectivity index (χ1n) is 8.08. The molecule has 0 heterocycles. The predicted octanol–water partition coefficient (Wildman–Crippen LogP) is 3.07. The zero-order valence-electron chi connectivity index (χ0n) is 13.3. The summed E-state index contributed by atoms with van der Waals surface area (Å²) in [5.74, 6) is -1.08. The third-order valence-corrected chi connectivity index (χ3v) is 4.19. The lowest BCUT2D eigenvalue weighted by Crippen LogP contribution is -2.33. The Hall–Kier alpha value is -2.69. The normalized spacial score (nSPS) is 13.0. The molecule has 0 fully saturated rings. The van der Waals surface area contributed by atoms with Gasteiger partial charge < -0.3 is 10.6 Å². The Bertz CT molecular complexity index is 756. The minimum atomic E-state index is -0.404. The lowest BCUT2D eigenvalue weighted by molar-refractivity contribution is -0.115. The molecule has 2 aromatic carbocycles. The molecule has 24 heavy (non-hydrogen) atoms. The van der Waals surface area contributed by atoms with Crippen LogP contribution in [0.25, 0.3) is 0 Å². The van der Waals surface area contributed by atoms with E-state index in [0.717, 1.165) is 24.9 Å². The Kier molecular flexibility index (Phi) is 4.89. The van der Waals surface area contributed by atoms with E-state index in [1.54, 1.807) is 0 Å². The van der Waals surface area contributed by atoms with E-state index in [-0.39, 0.29) is 12.5 Å². The van der Waals surface area contributed by atoms with Gasteiger partial charge in [-0.15, -0.1) is 0 Å². The minimum absolute atomic E-state index is 0.125. The molecule has 0 atom stereocenters. The van der Waals surface area contributed by atoms with E-state index in [9.17, 15) is 14.0 Å². The highest BCUT2D eigenvalue weighted by Gasteiger charge is 2.15. The smallest absolute Gasteiger partial charge is 0.251 e. The Morgan fingerprint density at radius 1 is 1.00 bits per heavy atom. The molecule has 0 aliphatic heterocycles. The van der Waals surface area contributed by atoms with Crippen molar-refractivity contribution in [2.24, 2.45) is 0 Å². The number of aryl methyl sites for hydroxylation is 1. The van der Waals surface area contributed by atoms with Crippen LogP contribution in [0.15, 0.2) is 42.5 Å². The van der Waals surface area contributed by atoms with Gasteiger partial charge in [0.25, 0.3) is 5.91 Å². The molecule has 0 bridgehead atoms. The maximum atomic E-state index is 12.8. The molecular formula is C19H19FN2O2. The molecule has 2 N–H and O–H groups in total. The Morgan fingerprint density at radius 3 is 2.54 bits per heavy atom. The molecule has 0 aromatic heterocycles. The number of hydrogen-bond donors (Lipinski definition) is 2. The predicted molar refractivity (Wildman–Crippen MR) is 90.4 cm³/mol. The average Bonchev–Trinajstić information content (AvgIpc) is 2.61. The van der Waals surface area contributed by atoms with Crippen molar-refractivity contribution >= 4 is 17.5 Å². The molecule has 5 heteroatoms. The molecule has 3 rings (SSSR count). The summed E-state index contributed by atoms with van der Waals surface area (Å²) < 4.78 is 12.8. The standard InChI is InChI=1S/C19H19FN2O2/c20-15-10-8-14(9-11-15)19(24)21-12-18(23)22-17-7-3-5-13-4-1-2-6-16(13)17/h3,5,7-11H,1-2,4,6,12H2,(H,21,24)(H,22,23). The Balaban J connectivity index is 1.58. The van der Waals surface area contributed by atoms with Crippen LogP contribution >= 0.6 is 0 Å². The van der Waals surface area contributed by atoms with E-state index < -0.39 is 11.7 Å². The van der Waals surface area contributed by atoms with Crippen molar-refractivity contribution in [3.63, 3.8) is 0 Å². The topological polar surface area (TPSA) is 58.2 Å². The summed E-state index contributed by atoms with van der Waals surface area (Å²) in [6.07, 6.45) is 4.31. The average molecular weight is 326 g/mol. The number of carbonyl (C=O) groups excluding carboxylic acids is 2. The van der Waals surface area contributed by atoms with Crippen molar-refractivity contribution in [1.82, 2.24) is 5.32 Å². The fraction of sp³-hybridized carbons (Fsp3) is 0.263. The molecule has 1 aliphatic rings. The molecule has 0 spiro atoms. The van der Waals surface area contributed by atoms with E-state index in [0.29, 0.717) is 5.56 Å². The van der Waals surface area contributed by atoms with Gasteiger partial charge in [0.05, 0.1) is 6.54 Å². The molecule has 0 saturated heterocycles. The SMILES string of the molecule is O=C(CNC(=O)c1ccc(F)cc1)Nc1cccc2c1CCCC2. The highest BCUT2D eigenvalue weighted by Crippen LogP contribution is 2.27. The Labute approximate surface area is 140 Å². The number of benzene rings is 2. The third kappa shape index (κ3) is 3.79. The molecule has 4 nitrogen and oxygen atoms in total. The maximum absolute atomic E-state index is 12.8. The van der Waals surface area contributed by atoms with Crippen LogP contribution in [-0.2, 0) is 17.6 Å². The van der Waals surface area contributed by atoms with E-state index in [1.807, 2.05) is 12.1 Å². The number of carbonyl (C=O) groups is 2. The van der Waals surface area contributed by atoms with Gasteiger partial charge in [0.2, 0.25) is 5.91 Å². The zero-order valence-corrected chi connectivity index (χ0v) is 13.3. The fourth-order valence-electron chi connectivity index (χ4n) is 2.96. The van der Waals surface area contributed by atoms with Crippen LogP contribution in [0.2, 0.25) is 0 Å². The third-order valence-electron chi connectivity index (χ3n) is 4.19. The van der Waals surface area contributed by atoms with Crippen LogP contribution in [0.3, 0.4) is 0 Å². The van der Waals surface area contributed by atoms with Crippen LogP contribution in [0, 0.1) is 5.82 Å². The quantitative estimate of drug-likeness (QED) is 0.907. The number of amides is 2. The van der Waals surface area contributed by atoms with Crippen molar-refractivity contribution < 1.29 is 14.0 Å². The first kappa shape index (κ1) is 16.2. The fourth-order valence-corrected chi connectivity index (χ4v) is 2.96. The largest absolute Gasteiger partial charge is 0.343 e. The summed E-state index contributed by atoms with van der Waals surface area (Å²) in [7, 11) is 0. The van der Waals surface area contributed by atoms with Gasteiger partial charge in [0.15, 0.2) is 0 Å². The monoisotopic (exact) mass is 326 g/mol. The van der Waals surface area contributed by atoms with Crippen LogP contribution in [0.4, 0.5) is 10.1 Å². The second kappa shape index (κ2) is 7.25. The highest BCUT2D eigenvalue weighted by atomic mass is 19.1. The zero-order chi connectivity index (χ0) is 16.9. The number of fused-ring (bicyclic) bond motifs is 1. The summed E-state index contributed by atoms with van der Waals surface area (Å²) in [6.45, 7) is -0.125. The van der Waals surface area contributed by atoms with Gasteiger partial charge in [0, 0.05) is 11.3 Å². The molecule has 0 saturated carbocycles. The minimum Gasteiger partial charge on any atom is -0.343 e. The van der Waals surface area contributed by atoms with Crippen molar-refractivity contribution in [2.45, 2.75) is 25.7 Å². The number of nitrogens with one attached hydrogen (secondary N) is 2. The van der Waals surface area contributed by atoms with Crippen LogP contribution in [0.5, 0.6) is 0 Å². The van der Waals surface area contributed by atoms with Gasteiger partial charge in [-0.2, -0.15) is 0 Å². The van der Waals surface area contributed by atoms with Gasteiger partial charge in [-0.25, -0.2) is 4.39 Å². The van der Waals surface area contributed by atoms with Crippen molar-refractivity contribution in [1.29, 1.82) is 0 Å². The van der Waals surface area contributed by atoms with Crippen molar-refractivity contribution in [2.75, 3.05) is 11.9 Å². The summed E-state index contributed by atoms with van der Waals surface area (Å²) in [5, 5.41) is 5.42. The van der Waals surface area contributed by atoms with E-state index in [1.165, 1.54) is 41.8 Å². The molecule has 2 aromatic rings.